The summed E-state index contributed by atoms with van der Waals surface area (Å²) >= 11 is 0. The van der Waals surface area contributed by atoms with Crippen LogP contribution in [-0.4, -0.2) is 18.8 Å². The van der Waals surface area contributed by atoms with Crippen LogP contribution in [0, 0.1) is 0 Å². The maximum Gasteiger partial charge on any atom is 0.142 e. The fourth-order valence-corrected chi connectivity index (χ4v) is 1.45. The standard InChI is InChI=1S/C14H23NO2/c1-5-11-6-7-13(12(15)10-11)16-8-9-17-14(2,3)4/h6-7,10H,5,8-9,15H2,1-4H3. The Morgan fingerprint density at radius 3 is 2.41 bits per heavy atom. The predicted octanol–water partition coefficient (Wildman–Crippen LogP) is 3.03. The van der Waals surface area contributed by atoms with Crippen molar-refractivity contribution in [3.05, 3.63) is 23.8 Å². The molecule has 17 heavy (non-hydrogen) atoms. The molecule has 0 saturated heterocycles. The average molecular weight is 237 g/mol. The molecule has 1 aromatic carbocycles. The maximum absolute atomic E-state index is 5.90. The number of nitrogen functional groups attached to an aromatic ring is 1. The third-order valence-corrected chi connectivity index (χ3v) is 2.36. The summed E-state index contributed by atoms with van der Waals surface area (Å²) in [6.07, 6.45) is 0.984. The molecule has 3 heteroatoms. The highest BCUT2D eigenvalue weighted by Crippen LogP contribution is 2.22. The summed E-state index contributed by atoms with van der Waals surface area (Å²) in [6.45, 7) is 9.27. The Labute approximate surface area is 104 Å². The maximum atomic E-state index is 5.90. The third kappa shape index (κ3) is 5.09. The third-order valence-electron chi connectivity index (χ3n) is 2.36. The number of hydrogen-bond acceptors (Lipinski definition) is 3. The molecule has 0 atom stereocenters. The van der Waals surface area contributed by atoms with Gasteiger partial charge >= 0.3 is 0 Å². The van der Waals surface area contributed by atoms with Crippen LogP contribution in [-0.2, 0) is 11.2 Å². The molecule has 0 fully saturated rings. The molecule has 96 valence electrons. The van der Waals surface area contributed by atoms with Crippen LogP contribution in [0.2, 0.25) is 0 Å². The molecule has 0 bridgehead atoms. The van der Waals surface area contributed by atoms with Gasteiger partial charge in [-0.15, -0.1) is 0 Å². The van der Waals surface area contributed by atoms with E-state index in [-0.39, 0.29) is 5.60 Å². The lowest BCUT2D eigenvalue weighted by Crippen LogP contribution is -2.22. The first-order chi connectivity index (χ1) is 7.92. The van der Waals surface area contributed by atoms with Gasteiger partial charge in [0.25, 0.3) is 0 Å². The topological polar surface area (TPSA) is 44.5 Å². The zero-order valence-electron chi connectivity index (χ0n) is 11.2. The van der Waals surface area contributed by atoms with Gasteiger partial charge in [-0.05, 0) is 44.9 Å². The van der Waals surface area contributed by atoms with Crippen LogP contribution in [0.4, 0.5) is 5.69 Å². The Bertz CT molecular complexity index is 356. The normalized spacial score (nSPS) is 11.5. The second-order valence-corrected chi connectivity index (χ2v) is 5.04. The van der Waals surface area contributed by atoms with E-state index in [1.165, 1.54) is 5.56 Å². The molecule has 0 saturated carbocycles. The minimum Gasteiger partial charge on any atom is -0.489 e. The van der Waals surface area contributed by atoms with Crippen molar-refractivity contribution in [1.82, 2.24) is 0 Å². The lowest BCUT2D eigenvalue weighted by Gasteiger charge is -2.19. The van der Waals surface area contributed by atoms with Gasteiger partial charge in [-0.1, -0.05) is 13.0 Å². The van der Waals surface area contributed by atoms with E-state index in [0.717, 1.165) is 12.2 Å². The quantitative estimate of drug-likeness (QED) is 0.632. The minimum absolute atomic E-state index is 0.124. The van der Waals surface area contributed by atoms with Crippen molar-refractivity contribution < 1.29 is 9.47 Å². The van der Waals surface area contributed by atoms with E-state index in [2.05, 4.69) is 6.92 Å². The first kappa shape index (κ1) is 13.8. The SMILES string of the molecule is CCc1ccc(OCCOC(C)(C)C)c(N)c1. The van der Waals surface area contributed by atoms with Crippen molar-refractivity contribution in [2.24, 2.45) is 0 Å². The fraction of sp³-hybridized carbons (Fsp3) is 0.571. The first-order valence-electron chi connectivity index (χ1n) is 6.07. The molecule has 0 aliphatic rings. The van der Waals surface area contributed by atoms with Crippen LogP contribution in [0.25, 0.3) is 0 Å². The zero-order valence-corrected chi connectivity index (χ0v) is 11.2. The minimum atomic E-state index is -0.124. The molecule has 0 unspecified atom stereocenters. The van der Waals surface area contributed by atoms with Gasteiger partial charge in [-0.2, -0.15) is 0 Å². The lowest BCUT2D eigenvalue weighted by atomic mass is 10.1. The Hall–Kier alpha value is -1.22. The number of hydrogen-bond donors (Lipinski definition) is 1. The highest BCUT2D eigenvalue weighted by atomic mass is 16.5. The molecule has 1 rings (SSSR count). The van der Waals surface area contributed by atoms with Gasteiger partial charge in [0.1, 0.15) is 12.4 Å². The summed E-state index contributed by atoms with van der Waals surface area (Å²) in [4.78, 5) is 0. The molecular formula is C14H23NO2. The molecule has 0 amide bonds. The van der Waals surface area contributed by atoms with E-state index >= 15 is 0 Å². The Morgan fingerprint density at radius 2 is 1.88 bits per heavy atom. The summed E-state index contributed by atoms with van der Waals surface area (Å²) in [5.74, 6) is 0.736. The number of ether oxygens (including phenoxy) is 2. The average Bonchev–Trinajstić information content (AvgIpc) is 2.24. The summed E-state index contributed by atoms with van der Waals surface area (Å²) in [7, 11) is 0. The van der Waals surface area contributed by atoms with Gasteiger partial charge in [0.05, 0.1) is 17.9 Å². The molecule has 3 nitrogen and oxygen atoms in total. The van der Waals surface area contributed by atoms with E-state index in [1.807, 2.05) is 39.0 Å². The molecule has 0 radical (unpaired) electrons. The lowest BCUT2D eigenvalue weighted by molar-refractivity contribution is -0.0162. The van der Waals surface area contributed by atoms with Crippen LogP contribution in [0.3, 0.4) is 0 Å². The van der Waals surface area contributed by atoms with Gasteiger partial charge in [0, 0.05) is 0 Å². The van der Waals surface area contributed by atoms with Crippen LogP contribution in [0.15, 0.2) is 18.2 Å². The van der Waals surface area contributed by atoms with Crippen LogP contribution < -0.4 is 10.5 Å². The van der Waals surface area contributed by atoms with Gasteiger partial charge in [0.15, 0.2) is 0 Å². The van der Waals surface area contributed by atoms with Crippen molar-refractivity contribution >= 4 is 5.69 Å². The van der Waals surface area contributed by atoms with E-state index < -0.39 is 0 Å². The number of benzene rings is 1. The molecule has 0 spiro atoms. The van der Waals surface area contributed by atoms with Gasteiger partial charge in [-0.3, -0.25) is 0 Å². The largest absolute Gasteiger partial charge is 0.489 e. The number of rotatable bonds is 5. The van der Waals surface area contributed by atoms with Crippen molar-refractivity contribution in [2.45, 2.75) is 39.7 Å². The summed E-state index contributed by atoms with van der Waals surface area (Å²) < 4.78 is 11.2. The van der Waals surface area contributed by atoms with Crippen molar-refractivity contribution in [3.8, 4) is 5.75 Å². The zero-order chi connectivity index (χ0) is 12.9. The van der Waals surface area contributed by atoms with Gasteiger partial charge in [0.2, 0.25) is 0 Å². The molecular weight excluding hydrogens is 214 g/mol. The monoisotopic (exact) mass is 237 g/mol. The van der Waals surface area contributed by atoms with Crippen molar-refractivity contribution in [1.29, 1.82) is 0 Å². The fourth-order valence-electron chi connectivity index (χ4n) is 1.45. The van der Waals surface area contributed by atoms with E-state index in [9.17, 15) is 0 Å². The smallest absolute Gasteiger partial charge is 0.142 e. The van der Waals surface area contributed by atoms with Gasteiger partial charge in [-0.25, -0.2) is 0 Å². The van der Waals surface area contributed by atoms with Crippen molar-refractivity contribution in [2.75, 3.05) is 18.9 Å². The van der Waals surface area contributed by atoms with E-state index in [1.54, 1.807) is 0 Å². The van der Waals surface area contributed by atoms with Gasteiger partial charge < -0.3 is 15.2 Å². The van der Waals surface area contributed by atoms with Crippen LogP contribution >= 0.6 is 0 Å². The van der Waals surface area contributed by atoms with Crippen LogP contribution in [0.5, 0.6) is 5.75 Å². The summed E-state index contributed by atoms with van der Waals surface area (Å²) in [5, 5.41) is 0. The molecule has 0 aliphatic carbocycles. The highest BCUT2D eigenvalue weighted by molar-refractivity contribution is 5.54. The van der Waals surface area contributed by atoms with Crippen LogP contribution in [0.1, 0.15) is 33.3 Å². The Balaban J connectivity index is 2.42. The summed E-state index contributed by atoms with van der Waals surface area (Å²) in [5.41, 5.74) is 7.69. The summed E-state index contributed by atoms with van der Waals surface area (Å²) in [6, 6.07) is 5.92. The van der Waals surface area contributed by atoms with E-state index in [4.69, 9.17) is 15.2 Å². The Morgan fingerprint density at radius 1 is 1.18 bits per heavy atom. The number of nitrogens with two attached hydrogens (primary N) is 1. The second kappa shape index (κ2) is 5.92. The first-order valence-corrected chi connectivity index (χ1v) is 6.07. The molecule has 0 heterocycles. The molecule has 2 N–H and O–H groups in total. The number of aryl methyl sites for hydroxylation is 1. The second-order valence-electron chi connectivity index (χ2n) is 5.04. The molecule has 0 aliphatic heterocycles. The predicted molar refractivity (Wildman–Crippen MR) is 71.4 cm³/mol. The Kier molecular flexibility index (Phi) is 4.82. The van der Waals surface area contributed by atoms with E-state index in [0.29, 0.717) is 18.9 Å². The highest BCUT2D eigenvalue weighted by Gasteiger charge is 2.09. The van der Waals surface area contributed by atoms with Crippen molar-refractivity contribution in [3.63, 3.8) is 0 Å². The molecule has 1 aromatic rings. The number of anilines is 1. The molecule has 0 aromatic heterocycles.